The van der Waals surface area contributed by atoms with E-state index in [1.165, 1.54) is 0 Å². The van der Waals surface area contributed by atoms with E-state index in [1.807, 2.05) is 72.8 Å². The van der Waals surface area contributed by atoms with Gasteiger partial charge in [-0.1, -0.05) is 67.2 Å². The number of aromatic hydroxyl groups is 1. The van der Waals surface area contributed by atoms with Crippen LogP contribution < -0.4 is 4.74 Å². The fourth-order valence-corrected chi connectivity index (χ4v) is 2.95. The van der Waals surface area contributed by atoms with E-state index < -0.39 is 0 Å². The Bertz CT molecular complexity index is 938. The van der Waals surface area contributed by atoms with Gasteiger partial charge in [0.05, 0.1) is 5.56 Å². The minimum absolute atomic E-state index is 0.179. The van der Waals surface area contributed by atoms with Crippen LogP contribution in [0.4, 0.5) is 0 Å². The van der Waals surface area contributed by atoms with Crippen LogP contribution in [0.15, 0.2) is 85.5 Å². The average Bonchev–Trinajstić information content (AvgIpc) is 2.63. The quantitative estimate of drug-likeness (QED) is 0.676. The number of ether oxygens (including phenoxy) is 1. The number of hydrogen-bond acceptors (Lipinski definition) is 2. The highest BCUT2D eigenvalue weighted by molar-refractivity contribution is 5.93. The molecule has 0 bridgehead atoms. The predicted octanol–water partition coefficient (Wildman–Crippen LogP) is 5.51. The Morgan fingerprint density at radius 3 is 2.04 bits per heavy atom. The molecule has 0 aromatic heterocycles. The first-order valence-corrected chi connectivity index (χ1v) is 7.79. The Morgan fingerprint density at radius 2 is 1.38 bits per heavy atom. The lowest BCUT2D eigenvalue weighted by Gasteiger charge is -2.23. The van der Waals surface area contributed by atoms with Crippen LogP contribution in [0.25, 0.3) is 22.5 Å². The van der Waals surface area contributed by atoms with Crippen LogP contribution in [-0.4, -0.2) is 5.11 Å². The number of phenolic OH excluding ortho intramolecular Hbond substituents is 1. The van der Waals surface area contributed by atoms with Crippen molar-refractivity contribution in [3.05, 3.63) is 96.6 Å². The lowest BCUT2D eigenvalue weighted by molar-refractivity contribution is 0.460. The van der Waals surface area contributed by atoms with Crippen molar-refractivity contribution in [3.8, 4) is 22.6 Å². The number of hydrogen-bond donors (Lipinski definition) is 1. The van der Waals surface area contributed by atoms with Crippen molar-refractivity contribution >= 4 is 11.3 Å². The normalized spacial score (nSPS) is 13.0. The SMILES string of the molecule is C=C1C=C(c2ccccc2)Oc2c(-c3ccccc3)ccc(O)c21. The molecule has 0 amide bonds. The maximum Gasteiger partial charge on any atom is 0.146 e. The zero-order valence-electron chi connectivity index (χ0n) is 13.1. The number of benzene rings is 3. The van der Waals surface area contributed by atoms with E-state index >= 15 is 0 Å². The molecule has 0 saturated carbocycles. The second-order valence-electron chi connectivity index (χ2n) is 5.70. The summed E-state index contributed by atoms with van der Waals surface area (Å²) >= 11 is 0. The molecular formula is C22H16O2. The topological polar surface area (TPSA) is 29.5 Å². The monoisotopic (exact) mass is 312 g/mol. The second-order valence-corrected chi connectivity index (χ2v) is 5.70. The van der Waals surface area contributed by atoms with Crippen molar-refractivity contribution in [2.45, 2.75) is 0 Å². The molecule has 116 valence electrons. The third-order valence-corrected chi connectivity index (χ3v) is 4.12. The van der Waals surface area contributed by atoms with Crippen molar-refractivity contribution in [2.75, 3.05) is 0 Å². The number of fused-ring (bicyclic) bond motifs is 1. The Kier molecular flexibility index (Phi) is 3.43. The second kappa shape index (κ2) is 5.74. The minimum atomic E-state index is 0.179. The highest BCUT2D eigenvalue weighted by Gasteiger charge is 2.23. The smallest absolute Gasteiger partial charge is 0.146 e. The molecule has 0 atom stereocenters. The van der Waals surface area contributed by atoms with Crippen molar-refractivity contribution < 1.29 is 9.84 Å². The summed E-state index contributed by atoms with van der Waals surface area (Å²) in [6.07, 6.45) is 1.87. The summed E-state index contributed by atoms with van der Waals surface area (Å²) < 4.78 is 6.20. The number of phenols is 1. The van der Waals surface area contributed by atoms with Crippen LogP contribution in [0.5, 0.6) is 11.5 Å². The van der Waals surface area contributed by atoms with E-state index in [0.717, 1.165) is 28.0 Å². The Hall–Kier alpha value is -3.26. The number of allylic oxidation sites excluding steroid dienone is 2. The molecule has 1 aliphatic heterocycles. The van der Waals surface area contributed by atoms with Gasteiger partial charge in [0.2, 0.25) is 0 Å². The summed E-state index contributed by atoms with van der Waals surface area (Å²) in [4.78, 5) is 0. The molecule has 4 rings (SSSR count). The first kappa shape index (κ1) is 14.3. The number of rotatable bonds is 2. The molecule has 0 fully saturated rings. The van der Waals surface area contributed by atoms with E-state index in [2.05, 4.69) is 6.58 Å². The summed E-state index contributed by atoms with van der Waals surface area (Å²) in [5.41, 5.74) is 4.34. The molecule has 0 radical (unpaired) electrons. The van der Waals surface area contributed by atoms with Crippen molar-refractivity contribution in [2.24, 2.45) is 0 Å². The summed E-state index contributed by atoms with van der Waals surface area (Å²) in [5.74, 6) is 1.56. The fourth-order valence-electron chi connectivity index (χ4n) is 2.95. The van der Waals surface area contributed by atoms with Gasteiger partial charge in [0, 0.05) is 11.1 Å². The zero-order valence-corrected chi connectivity index (χ0v) is 13.1. The first-order chi connectivity index (χ1) is 11.7. The van der Waals surface area contributed by atoms with E-state index in [1.54, 1.807) is 6.07 Å². The van der Waals surface area contributed by atoms with Gasteiger partial charge in [0.25, 0.3) is 0 Å². The maximum atomic E-state index is 10.3. The fraction of sp³-hybridized carbons (Fsp3) is 0. The van der Waals surface area contributed by atoms with Gasteiger partial charge in [-0.25, -0.2) is 0 Å². The Morgan fingerprint density at radius 1 is 0.750 bits per heavy atom. The van der Waals surface area contributed by atoms with Gasteiger partial charge in [-0.2, -0.15) is 0 Å². The van der Waals surface area contributed by atoms with Gasteiger partial charge in [-0.15, -0.1) is 0 Å². The third kappa shape index (κ3) is 2.38. The largest absolute Gasteiger partial charge is 0.507 e. The van der Waals surface area contributed by atoms with E-state index in [0.29, 0.717) is 11.3 Å². The minimum Gasteiger partial charge on any atom is -0.507 e. The summed E-state index contributed by atoms with van der Waals surface area (Å²) in [6, 6.07) is 23.5. The van der Waals surface area contributed by atoms with Gasteiger partial charge >= 0.3 is 0 Å². The molecule has 0 saturated heterocycles. The molecule has 24 heavy (non-hydrogen) atoms. The van der Waals surface area contributed by atoms with Crippen molar-refractivity contribution in [1.29, 1.82) is 0 Å². The van der Waals surface area contributed by atoms with Crippen LogP contribution >= 0.6 is 0 Å². The molecule has 0 unspecified atom stereocenters. The third-order valence-electron chi connectivity index (χ3n) is 4.12. The predicted molar refractivity (Wildman–Crippen MR) is 97.6 cm³/mol. The van der Waals surface area contributed by atoms with E-state index in [9.17, 15) is 5.11 Å². The highest BCUT2D eigenvalue weighted by atomic mass is 16.5. The van der Waals surface area contributed by atoms with Gasteiger partial charge in [-0.05, 0) is 29.3 Å². The molecule has 0 aliphatic carbocycles. The molecule has 2 heteroatoms. The molecule has 3 aromatic carbocycles. The summed E-state index contributed by atoms with van der Waals surface area (Å²) in [5, 5.41) is 10.3. The van der Waals surface area contributed by atoms with E-state index in [4.69, 9.17) is 4.74 Å². The zero-order chi connectivity index (χ0) is 16.5. The van der Waals surface area contributed by atoms with Gasteiger partial charge in [0.1, 0.15) is 17.3 Å². The van der Waals surface area contributed by atoms with Crippen LogP contribution in [-0.2, 0) is 0 Å². The van der Waals surface area contributed by atoms with Crippen LogP contribution in [0.2, 0.25) is 0 Å². The summed E-state index contributed by atoms with van der Waals surface area (Å²) in [7, 11) is 0. The maximum absolute atomic E-state index is 10.3. The molecule has 1 heterocycles. The van der Waals surface area contributed by atoms with Crippen LogP contribution in [0, 0.1) is 0 Å². The van der Waals surface area contributed by atoms with Gasteiger partial charge in [-0.3, -0.25) is 0 Å². The molecule has 2 nitrogen and oxygen atoms in total. The standard InChI is InChI=1S/C22H16O2/c1-15-14-20(17-10-6-3-7-11-17)24-22-18(12-13-19(23)21(15)22)16-8-4-2-5-9-16/h2-14,23H,1H2. The molecular weight excluding hydrogens is 296 g/mol. The lowest BCUT2D eigenvalue weighted by Crippen LogP contribution is -2.05. The Balaban J connectivity index is 1.88. The van der Waals surface area contributed by atoms with E-state index in [-0.39, 0.29) is 5.75 Å². The molecule has 1 N–H and O–H groups in total. The van der Waals surface area contributed by atoms with Crippen LogP contribution in [0.1, 0.15) is 11.1 Å². The van der Waals surface area contributed by atoms with Crippen molar-refractivity contribution in [1.82, 2.24) is 0 Å². The van der Waals surface area contributed by atoms with Gasteiger partial charge < -0.3 is 9.84 Å². The molecule has 1 aliphatic rings. The van der Waals surface area contributed by atoms with Crippen molar-refractivity contribution in [3.63, 3.8) is 0 Å². The highest BCUT2D eigenvalue weighted by Crippen LogP contribution is 2.46. The first-order valence-electron chi connectivity index (χ1n) is 7.79. The summed E-state index contributed by atoms with van der Waals surface area (Å²) in [6.45, 7) is 4.11. The van der Waals surface area contributed by atoms with Crippen LogP contribution in [0.3, 0.4) is 0 Å². The van der Waals surface area contributed by atoms with Gasteiger partial charge in [0.15, 0.2) is 0 Å². The lowest BCUT2D eigenvalue weighted by atomic mass is 9.94. The Labute approximate surface area is 141 Å². The molecule has 3 aromatic rings. The molecule has 0 spiro atoms. The average molecular weight is 312 g/mol.